The van der Waals surface area contributed by atoms with Crippen molar-refractivity contribution in [2.45, 2.75) is 0 Å². The third-order valence-electron chi connectivity index (χ3n) is 3.76. The second-order valence-electron chi connectivity index (χ2n) is 5.44. The van der Waals surface area contributed by atoms with Crippen LogP contribution >= 0.6 is 35.4 Å². The number of esters is 1. The summed E-state index contributed by atoms with van der Waals surface area (Å²) in [4.78, 5) is 15.1. The second-order valence-corrected chi connectivity index (χ2v) is 6.67. The van der Waals surface area contributed by atoms with Gasteiger partial charge in [-0.05, 0) is 42.5 Å². The van der Waals surface area contributed by atoms with E-state index in [9.17, 15) is 4.79 Å². The van der Waals surface area contributed by atoms with E-state index in [0.29, 0.717) is 24.0 Å². The zero-order valence-corrected chi connectivity index (χ0v) is 15.5. The smallest absolute Gasteiger partial charge is 0.345 e. The molecule has 0 radical (unpaired) electrons. The summed E-state index contributed by atoms with van der Waals surface area (Å²) < 4.78 is 10.7. The Morgan fingerprint density at radius 2 is 1.76 bits per heavy atom. The summed E-state index contributed by atoms with van der Waals surface area (Å²) in [6.45, 7) is 2.92. The molecule has 4 nitrogen and oxygen atoms in total. The molecule has 3 rings (SSSR count). The third kappa shape index (κ3) is 4.50. The van der Waals surface area contributed by atoms with Gasteiger partial charge in [0.05, 0.1) is 23.8 Å². The molecule has 0 aliphatic carbocycles. The van der Waals surface area contributed by atoms with Crippen LogP contribution in [0.2, 0.25) is 10.0 Å². The van der Waals surface area contributed by atoms with Gasteiger partial charge in [0.15, 0.2) is 0 Å². The summed E-state index contributed by atoms with van der Waals surface area (Å²) in [6, 6.07) is 11.7. The van der Waals surface area contributed by atoms with Crippen LogP contribution < -0.4 is 4.74 Å². The first-order valence-electron chi connectivity index (χ1n) is 7.69. The van der Waals surface area contributed by atoms with Crippen molar-refractivity contribution in [3.8, 4) is 5.75 Å². The van der Waals surface area contributed by atoms with Crippen molar-refractivity contribution in [1.29, 1.82) is 0 Å². The van der Waals surface area contributed by atoms with Crippen molar-refractivity contribution >= 4 is 46.4 Å². The number of hydrogen-bond acceptors (Lipinski definition) is 4. The number of carbonyl (C=O) groups is 1. The van der Waals surface area contributed by atoms with E-state index in [4.69, 9.17) is 44.9 Å². The lowest BCUT2D eigenvalue weighted by Gasteiger charge is -2.29. The molecule has 1 saturated heterocycles. The average molecular weight is 396 g/mol. The predicted octanol–water partition coefficient (Wildman–Crippen LogP) is 4.22. The summed E-state index contributed by atoms with van der Waals surface area (Å²) in [5.41, 5.74) is 1.17. The lowest BCUT2D eigenvalue weighted by molar-refractivity contribution is 0.0692. The number of morpholine rings is 1. The molecule has 1 aliphatic rings. The Morgan fingerprint density at radius 1 is 1.08 bits per heavy atom. The number of hydrogen-bond donors (Lipinski definition) is 0. The van der Waals surface area contributed by atoms with Crippen molar-refractivity contribution in [2.75, 3.05) is 26.3 Å². The van der Waals surface area contributed by atoms with Crippen molar-refractivity contribution in [3.05, 3.63) is 63.6 Å². The SMILES string of the molecule is O=C(Oc1ccc(C(=S)N2CCOCC2)cc1)c1ccc(Cl)cc1Cl. The van der Waals surface area contributed by atoms with Gasteiger partial charge in [0.2, 0.25) is 0 Å². The van der Waals surface area contributed by atoms with Gasteiger partial charge in [-0.2, -0.15) is 0 Å². The first kappa shape index (κ1) is 18.1. The highest BCUT2D eigenvalue weighted by molar-refractivity contribution is 7.80. The van der Waals surface area contributed by atoms with Gasteiger partial charge in [-0.15, -0.1) is 0 Å². The maximum atomic E-state index is 12.2. The van der Waals surface area contributed by atoms with E-state index in [0.717, 1.165) is 23.6 Å². The van der Waals surface area contributed by atoms with Gasteiger partial charge in [0, 0.05) is 23.7 Å². The average Bonchev–Trinajstić information content (AvgIpc) is 2.62. The van der Waals surface area contributed by atoms with Crippen LogP contribution in [-0.2, 0) is 4.74 Å². The molecule has 0 aromatic heterocycles. The Balaban J connectivity index is 1.67. The number of thiocarbonyl (C=S) groups is 1. The molecule has 130 valence electrons. The Kier molecular flexibility index (Phi) is 5.91. The maximum Gasteiger partial charge on any atom is 0.345 e. The number of benzene rings is 2. The van der Waals surface area contributed by atoms with Crippen LogP contribution in [0.4, 0.5) is 0 Å². The normalized spacial score (nSPS) is 14.2. The van der Waals surface area contributed by atoms with E-state index >= 15 is 0 Å². The quantitative estimate of drug-likeness (QED) is 0.441. The van der Waals surface area contributed by atoms with Crippen LogP contribution in [0.1, 0.15) is 15.9 Å². The third-order valence-corrected chi connectivity index (χ3v) is 4.80. The van der Waals surface area contributed by atoms with Gasteiger partial charge in [0.1, 0.15) is 10.7 Å². The van der Waals surface area contributed by atoms with E-state index in [1.54, 1.807) is 18.2 Å². The first-order valence-corrected chi connectivity index (χ1v) is 8.85. The van der Waals surface area contributed by atoms with E-state index in [1.165, 1.54) is 12.1 Å². The molecule has 2 aromatic rings. The molecule has 0 atom stereocenters. The number of carbonyl (C=O) groups excluding carboxylic acids is 1. The van der Waals surface area contributed by atoms with Gasteiger partial charge in [-0.3, -0.25) is 0 Å². The topological polar surface area (TPSA) is 38.8 Å². The first-order chi connectivity index (χ1) is 12.0. The number of rotatable bonds is 3. The highest BCUT2D eigenvalue weighted by Gasteiger charge is 2.16. The van der Waals surface area contributed by atoms with Crippen LogP contribution in [0.15, 0.2) is 42.5 Å². The Morgan fingerprint density at radius 3 is 2.40 bits per heavy atom. The molecule has 1 fully saturated rings. The van der Waals surface area contributed by atoms with Gasteiger partial charge in [-0.1, -0.05) is 35.4 Å². The highest BCUT2D eigenvalue weighted by Crippen LogP contribution is 2.23. The molecule has 1 aliphatic heterocycles. The van der Waals surface area contributed by atoms with Gasteiger partial charge in [0.25, 0.3) is 0 Å². The van der Waals surface area contributed by atoms with Crippen LogP contribution in [0, 0.1) is 0 Å². The molecule has 1 heterocycles. The minimum Gasteiger partial charge on any atom is -0.423 e. The zero-order chi connectivity index (χ0) is 17.8. The summed E-state index contributed by atoms with van der Waals surface area (Å²) in [5.74, 6) is -0.116. The molecule has 0 bridgehead atoms. The maximum absolute atomic E-state index is 12.2. The summed E-state index contributed by atoms with van der Waals surface area (Å²) >= 11 is 17.4. The number of halogens is 2. The molecule has 0 amide bonds. The standard InChI is InChI=1S/C18H15Cl2NO3S/c19-13-3-6-15(16(20)11-13)18(22)24-14-4-1-12(2-5-14)17(25)21-7-9-23-10-8-21/h1-6,11H,7-10H2. The van der Waals surface area contributed by atoms with Crippen LogP contribution in [0.5, 0.6) is 5.75 Å². The van der Waals surface area contributed by atoms with Gasteiger partial charge in [-0.25, -0.2) is 4.79 Å². The fourth-order valence-electron chi connectivity index (χ4n) is 2.43. The minimum absolute atomic E-state index is 0.252. The number of ether oxygens (including phenoxy) is 2. The molecule has 0 N–H and O–H groups in total. The summed E-state index contributed by atoms with van der Waals surface area (Å²) in [7, 11) is 0. The van der Waals surface area contributed by atoms with Crippen LogP contribution in [-0.4, -0.2) is 42.2 Å². The lowest BCUT2D eigenvalue weighted by Crippen LogP contribution is -2.40. The summed E-state index contributed by atoms with van der Waals surface area (Å²) in [5, 5.41) is 0.713. The fraction of sp³-hybridized carbons (Fsp3) is 0.222. The molecule has 2 aromatic carbocycles. The largest absolute Gasteiger partial charge is 0.423 e. The van der Waals surface area contributed by atoms with Crippen molar-refractivity contribution in [3.63, 3.8) is 0 Å². The predicted molar refractivity (Wildman–Crippen MR) is 102 cm³/mol. The van der Waals surface area contributed by atoms with Crippen LogP contribution in [0.3, 0.4) is 0 Å². The van der Waals surface area contributed by atoms with Gasteiger partial charge >= 0.3 is 5.97 Å². The molecule has 0 unspecified atom stereocenters. The van der Waals surface area contributed by atoms with Crippen molar-refractivity contribution in [1.82, 2.24) is 4.90 Å². The molecular formula is C18H15Cl2NO3S. The minimum atomic E-state index is -0.537. The fourth-order valence-corrected chi connectivity index (χ4v) is 3.24. The van der Waals surface area contributed by atoms with E-state index in [1.807, 2.05) is 12.1 Å². The molecule has 25 heavy (non-hydrogen) atoms. The monoisotopic (exact) mass is 395 g/mol. The molecule has 0 saturated carbocycles. The van der Waals surface area contributed by atoms with Crippen molar-refractivity contribution in [2.24, 2.45) is 0 Å². The number of nitrogens with zero attached hydrogens (tertiary/aromatic N) is 1. The van der Waals surface area contributed by atoms with E-state index in [-0.39, 0.29) is 10.6 Å². The van der Waals surface area contributed by atoms with Crippen molar-refractivity contribution < 1.29 is 14.3 Å². The molecule has 7 heteroatoms. The van der Waals surface area contributed by atoms with Gasteiger partial charge < -0.3 is 14.4 Å². The molecular weight excluding hydrogens is 381 g/mol. The molecule has 0 spiro atoms. The van der Waals surface area contributed by atoms with E-state index in [2.05, 4.69) is 4.90 Å². The second kappa shape index (κ2) is 8.15. The van der Waals surface area contributed by atoms with Crippen LogP contribution in [0.25, 0.3) is 0 Å². The summed E-state index contributed by atoms with van der Waals surface area (Å²) in [6.07, 6.45) is 0. The Bertz CT molecular complexity index is 789. The Hall–Kier alpha value is -1.66. The zero-order valence-electron chi connectivity index (χ0n) is 13.2. The highest BCUT2D eigenvalue weighted by atomic mass is 35.5. The Labute approximate surface area is 161 Å². The van der Waals surface area contributed by atoms with E-state index < -0.39 is 5.97 Å². The lowest BCUT2D eigenvalue weighted by atomic mass is 10.2.